The van der Waals surface area contributed by atoms with Gasteiger partial charge in [0.1, 0.15) is 0 Å². The first-order valence-corrected chi connectivity index (χ1v) is 7.58. The van der Waals surface area contributed by atoms with Crippen LogP contribution in [0.2, 0.25) is 0 Å². The molecule has 0 aliphatic carbocycles. The Labute approximate surface area is 162 Å². The molecule has 0 fully saturated rings. The van der Waals surface area contributed by atoms with Gasteiger partial charge in [0.2, 0.25) is 0 Å². The predicted octanol–water partition coefficient (Wildman–Crippen LogP) is 4.75. The Morgan fingerprint density at radius 2 is 1.64 bits per heavy atom. The Morgan fingerprint density at radius 1 is 1.04 bits per heavy atom. The molecule has 0 saturated heterocycles. The number of rotatable bonds is 4. The lowest BCUT2D eigenvalue weighted by Crippen LogP contribution is -2.38. The van der Waals surface area contributed by atoms with Gasteiger partial charge in [0.05, 0.1) is 11.6 Å². The fourth-order valence-electron chi connectivity index (χ4n) is 2.22. The lowest BCUT2D eigenvalue weighted by Gasteiger charge is -2.18. The minimum atomic E-state index is -4.31. The molecule has 0 heterocycles. The van der Waals surface area contributed by atoms with Crippen molar-refractivity contribution < 1.29 is 13.2 Å². The largest absolute Gasteiger partial charge is 0.416 e. The number of nitrogens with zero attached hydrogens (tertiary/aromatic N) is 1. The van der Waals surface area contributed by atoms with Crippen LogP contribution in [0.3, 0.4) is 0 Å². The van der Waals surface area contributed by atoms with Gasteiger partial charge in [0, 0.05) is 13.6 Å². The lowest BCUT2D eigenvalue weighted by atomic mass is 10.1. The molecule has 1 atom stereocenters. The second-order valence-electron chi connectivity index (χ2n) is 5.40. The van der Waals surface area contributed by atoms with Crippen LogP contribution in [0.15, 0.2) is 59.6 Å². The summed E-state index contributed by atoms with van der Waals surface area (Å²) in [7, 11) is 1.65. The number of hydrogen-bond acceptors (Lipinski definition) is 1. The van der Waals surface area contributed by atoms with Crippen LogP contribution >= 0.6 is 24.0 Å². The van der Waals surface area contributed by atoms with Crippen LogP contribution in [0.5, 0.6) is 0 Å². The SMILES string of the molecule is CN=C(NCc1ccc(C(F)(F)F)cc1)NC(C)c1ccccc1.I. The third-order valence-electron chi connectivity index (χ3n) is 3.62. The van der Waals surface area contributed by atoms with E-state index in [1.54, 1.807) is 7.05 Å². The smallest absolute Gasteiger partial charge is 0.352 e. The van der Waals surface area contributed by atoms with Gasteiger partial charge < -0.3 is 10.6 Å². The number of benzene rings is 2. The van der Waals surface area contributed by atoms with Crippen molar-refractivity contribution in [2.45, 2.75) is 25.7 Å². The number of aliphatic imine (C=N–C) groups is 1. The molecular formula is C18H21F3IN3. The summed E-state index contributed by atoms with van der Waals surface area (Å²) in [5, 5.41) is 6.35. The first-order chi connectivity index (χ1) is 11.4. The third-order valence-corrected chi connectivity index (χ3v) is 3.62. The van der Waals surface area contributed by atoms with E-state index in [9.17, 15) is 13.2 Å². The van der Waals surface area contributed by atoms with E-state index in [2.05, 4.69) is 15.6 Å². The van der Waals surface area contributed by atoms with Gasteiger partial charge in [-0.1, -0.05) is 42.5 Å². The molecule has 25 heavy (non-hydrogen) atoms. The van der Waals surface area contributed by atoms with E-state index in [4.69, 9.17) is 0 Å². The van der Waals surface area contributed by atoms with Crippen molar-refractivity contribution in [3.8, 4) is 0 Å². The summed E-state index contributed by atoms with van der Waals surface area (Å²) in [6, 6.07) is 15.1. The van der Waals surface area contributed by atoms with Gasteiger partial charge in [-0.05, 0) is 30.2 Å². The monoisotopic (exact) mass is 463 g/mol. The zero-order valence-electron chi connectivity index (χ0n) is 14.0. The second-order valence-corrected chi connectivity index (χ2v) is 5.40. The molecule has 2 rings (SSSR count). The zero-order chi connectivity index (χ0) is 17.6. The van der Waals surface area contributed by atoms with Crippen LogP contribution in [0.4, 0.5) is 13.2 Å². The molecule has 7 heteroatoms. The first kappa shape index (κ1) is 21.3. The van der Waals surface area contributed by atoms with Crippen molar-refractivity contribution >= 4 is 29.9 Å². The fourth-order valence-corrected chi connectivity index (χ4v) is 2.22. The highest BCUT2D eigenvalue weighted by Crippen LogP contribution is 2.29. The number of hydrogen-bond donors (Lipinski definition) is 2. The van der Waals surface area contributed by atoms with Gasteiger partial charge >= 0.3 is 6.18 Å². The highest BCUT2D eigenvalue weighted by molar-refractivity contribution is 14.0. The maximum absolute atomic E-state index is 12.5. The molecule has 0 bridgehead atoms. The van der Waals surface area contributed by atoms with E-state index in [0.717, 1.165) is 23.3 Å². The minimum Gasteiger partial charge on any atom is -0.352 e. The number of halogens is 4. The topological polar surface area (TPSA) is 36.4 Å². The molecular weight excluding hydrogens is 442 g/mol. The highest BCUT2D eigenvalue weighted by atomic mass is 127. The molecule has 0 amide bonds. The molecule has 0 aliphatic rings. The maximum Gasteiger partial charge on any atom is 0.416 e. The van der Waals surface area contributed by atoms with Crippen molar-refractivity contribution in [3.05, 3.63) is 71.3 Å². The van der Waals surface area contributed by atoms with Crippen LogP contribution in [0.1, 0.15) is 29.7 Å². The first-order valence-electron chi connectivity index (χ1n) is 7.58. The summed E-state index contributed by atoms with van der Waals surface area (Å²) in [5.41, 5.74) is 1.22. The van der Waals surface area contributed by atoms with E-state index in [1.165, 1.54) is 12.1 Å². The molecule has 0 saturated carbocycles. The average molecular weight is 463 g/mol. The van der Waals surface area contributed by atoms with Gasteiger partial charge in [-0.25, -0.2) is 0 Å². The Hall–Kier alpha value is -1.77. The molecule has 2 aromatic carbocycles. The average Bonchev–Trinajstić information content (AvgIpc) is 2.58. The zero-order valence-corrected chi connectivity index (χ0v) is 16.3. The number of nitrogens with one attached hydrogen (secondary N) is 2. The molecule has 3 nitrogen and oxygen atoms in total. The van der Waals surface area contributed by atoms with Crippen molar-refractivity contribution in [2.24, 2.45) is 4.99 Å². The third kappa shape index (κ3) is 6.56. The molecule has 0 spiro atoms. The molecule has 0 aromatic heterocycles. The van der Waals surface area contributed by atoms with E-state index in [1.807, 2.05) is 37.3 Å². The second kappa shape index (κ2) is 9.65. The van der Waals surface area contributed by atoms with Gasteiger partial charge in [0.25, 0.3) is 0 Å². The fraction of sp³-hybridized carbons (Fsp3) is 0.278. The van der Waals surface area contributed by atoms with E-state index >= 15 is 0 Å². The molecule has 136 valence electrons. The van der Waals surface area contributed by atoms with Crippen LogP contribution in [0, 0.1) is 0 Å². The number of guanidine groups is 1. The van der Waals surface area contributed by atoms with Crippen LogP contribution < -0.4 is 10.6 Å². The summed E-state index contributed by atoms with van der Waals surface area (Å²) >= 11 is 0. The van der Waals surface area contributed by atoms with Crippen molar-refractivity contribution in [1.82, 2.24) is 10.6 Å². The van der Waals surface area contributed by atoms with Crippen molar-refractivity contribution in [2.75, 3.05) is 7.05 Å². The minimum absolute atomic E-state index is 0. The Bertz CT molecular complexity index is 670. The highest BCUT2D eigenvalue weighted by Gasteiger charge is 2.29. The number of alkyl halides is 3. The standard InChI is InChI=1S/C18H20F3N3.HI/c1-13(15-6-4-3-5-7-15)24-17(22-2)23-12-14-8-10-16(11-9-14)18(19,20)21;/h3-11,13H,12H2,1-2H3,(H2,22,23,24);1H. The summed E-state index contributed by atoms with van der Waals surface area (Å²) in [6.07, 6.45) is -4.31. The van der Waals surface area contributed by atoms with Crippen molar-refractivity contribution in [1.29, 1.82) is 0 Å². The van der Waals surface area contributed by atoms with E-state index in [0.29, 0.717) is 12.5 Å². The Morgan fingerprint density at radius 3 is 2.16 bits per heavy atom. The normalized spacial score (nSPS) is 12.9. The van der Waals surface area contributed by atoms with Crippen LogP contribution in [-0.2, 0) is 12.7 Å². The van der Waals surface area contributed by atoms with Crippen molar-refractivity contribution in [3.63, 3.8) is 0 Å². The van der Waals surface area contributed by atoms with Gasteiger partial charge in [-0.3, -0.25) is 4.99 Å². The van der Waals surface area contributed by atoms with Crippen LogP contribution in [-0.4, -0.2) is 13.0 Å². The van der Waals surface area contributed by atoms with Crippen LogP contribution in [0.25, 0.3) is 0 Å². The summed E-state index contributed by atoms with van der Waals surface area (Å²) < 4.78 is 37.6. The summed E-state index contributed by atoms with van der Waals surface area (Å²) in [4.78, 5) is 4.14. The Balaban J connectivity index is 0.00000312. The summed E-state index contributed by atoms with van der Waals surface area (Å²) in [6.45, 7) is 2.40. The van der Waals surface area contributed by atoms with E-state index in [-0.39, 0.29) is 30.0 Å². The summed E-state index contributed by atoms with van der Waals surface area (Å²) in [5.74, 6) is 0.589. The van der Waals surface area contributed by atoms with E-state index < -0.39 is 11.7 Å². The predicted molar refractivity (Wildman–Crippen MR) is 105 cm³/mol. The molecule has 2 N–H and O–H groups in total. The van der Waals surface area contributed by atoms with Gasteiger partial charge in [0.15, 0.2) is 5.96 Å². The molecule has 1 unspecified atom stereocenters. The maximum atomic E-state index is 12.5. The Kier molecular flexibility index (Phi) is 8.21. The molecule has 0 aliphatic heterocycles. The quantitative estimate of drug-likeness (QED) is 0.390. The molecule has 2 aromatic rings. The lowest BCUT2D eigenvalue weighted by molar-refractivity contribution is -0.137. The van der Waals surface area contributed by atoms with Gasteiger partial charge in [-0.15, -0.1) is 24.0 Å². The van der Waals surface area contributed by atoms with Gasteiger partial charge in [-0.2, -0.15) is 13.2 Å². The molecule has 0 radical (unpaired) electrons.